The zero-order valence-electron chi connectivity index (χ0n) is 14.8. The standard InChI is InChI=1S/C21H24N2O/c1-21(2,3)17-10-6-7-11-18(17)22-20(24)13-15-14-23(4)19-12-8-5-9-16(15)19/h5-12,14H,13H2,1-4H3,(H,22,24). The lowest BCUT2D eigenvalue weighted by atomic mass is 9.86. The van der Waals surface area contributed by atoms with Crippen LogP contribution in [0.4, 0.5) is 5.69 Å². The number of nitrogens with zero attached hydrogens (tertiary/aromatic N) is 1. The summed E-state index contributed by atoms with van der Waals surface area (Å²) in [5.41, 5.74) is 4.24. The molecule has 0 fully saturated rings. The molecule has 24 heavy (non-hydrogen) atoms. The number of hydrogen-bond acceptors (Lipinski definition) is 1. The van der Waals surface area contributed by atoms with E-state index in [4.69, 9.17) is 0 Å². The molecule has 3 nitrogen and oxygen atoms in total. The lowest BCUT2D eigenvalue weighted by molar-refractivity contribution is -0.115. The molecule has 2 aromatic carbocycles. The van der Waals surface area contributed by atoms with Crippen molar-refractivity contribution in [3.8, 4) is 0 Å². The topological polar surface area (TPSA) is 34.0 Å². The van der Waals surface area contributed by atoms with E-state index in [0.29, 0.717) is 6.42 Å². The van der Waals surface area contributed by atoms with Gasteiger partial charge in [-0.05, 0) is 28.7 Å². The second-order valence-corrected chi connectivity index (χ2v) is 7.30. The van der Waals surface area contributed by atoms with Crippen molar-refractivity contribution in [1.29, 1.82) is 0 Å². The minimum absolute atomic E-state index is 0.0106. The highest BCUT2D eigenvalue weighted by Gasteiger charge is 2.19. The van der Waals surface area contributed by atoms with Crippen LogP contribution in [0.25, 0.3) is 10.9 Å². The van der Waals surface area contributed by atoms with Crippen LogP contribution >= 0.6 is 0 Å². The molecule has 3 rings (SSSR count). The van der Waals surface area contributed by atoms with E-state index in [0.717, 1.165) is 27.7 Å². The van der Waals surface area contributed by atoms with E-state index in [9.17, 15) is 4.79 Å². The molecule has 0 saturated heterocycles. The number of rotatable bonds is 3. The number of aryl methyl sites for hydroxylation is 1. The van der Waals surface area contributed by atoms with Crippen molar-refractivity contribution in [2.24, 2.45) is 7.05 Å². The molecule has 0 unspecified atom stereocenters. The first-order valence-corrected chi connectivity index (χ1v) is 8.28. The van der Waals surface area contributed by atoms with E-state index in [2.05, 4.69) is 48.9 Å². The first kappa shape index (κ1) is 16.3. The number of fused-ring (bicyclic) bond motifs is 1. The number of aromatic nitrogens is 1. The molecule has 3 aromatic rings. The Morgan fingerprint density at radius 3 is 2.46 bits per heavy atom. The van der Waals surface area contributed by atoms with E-state index in [1.165, 1.54) is 0 Å². The minimum atomic E-state index is -0.0106. The third kappa shape index (κ3) is 3.21. The fraction of sp³-hybridized carbons (Fsp3) is 0.286. The second kappa shape index (κ2) is 6.16. The van der Waals surface area contributed by atoms with Crippen LogP contribution < -0.4 is 5.32 Å². The van der Waals surface area contributed by atoms with Crippen molar-refractivity contribution in [1.82, 2.24) is 4.57 Å². The normalized spacial score (nSPS) is 11.7. The summed E-state index contributed by atoms with van der Waals surface area (Å²) in [5, 5.41) is 4.23. The average Bonchev–Trinajstić information content (AvgIpc) is 2.83. The Bertz CT molecular complexity index is 884. The molecule has 0 aliphatic heterocycles. The van der Waals surface area contributed by atoms with Crippen LogP contribution in [0, 0.1) is 0 Å². The van der Waals surface area contributed by atoms with Crippen LogP contribution in [0.2, 0.25) is 0 Å². The molecule has 0 atom stereocenters. The van der Waals surface area contributed by atoms with Crippen LogP contribution in [-0.4, -0.2) is 10.5 Å². The van der Waals surface area contributed by atoms with Gasteiger partial charge in [-0.3, -0.25) is 4.79 Å². The lowest BCUT2D eigenvalue weighted by Crippen LogP contribution is -2.19. The summed E-state index contributed by atoms with van der Waals surface area (Å²) in [4.78, 5) is 12.6. The summed E-state index contributed by atoms with van der Waals surface area (Å²) in [5.74, 6) is 0.0167. The van der Waals surface area contributed by atoms with Crippen LogP contribution in [0.1, 0.15) is 31.9 Å². The third-order valence-corrected chi connectivity index (χ3v) is 4.34. The molecule has 1 N–H and O–H groups in total. The number of hydrogen-bond donors (Lipinski definition) is 1. The smallest absolute Gasteiger partial charge is 0.228 e. The quantitative estimate of drug-likeness (QED) is 0.748. The lowest BCUT2D eigenvalue weighted by Gasteiger charge is -2.23. The largest absolute Gasteiger partial charge is 0.350 e. The van der Waals surface area contributed by atoms with Gasteiger partial charge in [0.2, 0.25) is 5.91 Å². The van der Waals surface area contributed by atoms with Crippen LogP contribution in [-0.2, 0) is 23.7 Å². The maximum absolute atomic E-state index is 12.6. The van der Waals surface area contributed by atoms with Gasteiger partial charge in [0.15, 0.2) is 0 Å². The molecule has 0 radical (unpaired) electrons. The third-order valence-electron chi connectivity index (χ3n) is 4.34. The highest BCUT2D eigenvalue weighted by molar-refractivity contribution is 5.96. The molecule has 1 heterocycles. The van der Waals surface area contributed by atoms with Gasteiger partial charge in [-0.1, -0.05) is 57.2 Å². The Morgan fingerprint density at radius 1 is 1.04 bits per heavy atom. The van der Waals surface area contributed by atoms with Gasteiger partial charge in [-0.25, -0.2) is 0 Å². The van der Waals surface area contributed by atoms with Crippen molar-refractivity contribution in [3.05, 3.63) is 65.9 Å². The maximum Gasteiger partial charge on any atom is 0.228 e. The highest BCUT2D eigenvalue weighted by Crippen LogP contribution is 2.29. The minimum Gasteiger partial charge on any atom is -0.350 e. The zero-order valence-corrected chi connectivity index (χ0v) is 14.8. The number of amides is 1. The average molecular weight is 320 g/mol. The van der Waals surface area contributed by atoms with Gasteiger partial charge in [0.05, 0.1) is 6.42 Å². The first-order valence-electron chi connectivity index (χ1n) is 8.28. The second-order valence-electron chi connectivity index (χ2n) is 7.30. The van der Waals surface area contributed by atoms with Gasteiger partial charge < -0.3 is 9.88 Å². The molecule has 0 spiro atoms. The molecule has 0 aliphatic carbocycles. The predicted molar refractivity (Wildman–Crippen MR) is 100 cm³/mol. The molecular formula is C21H24N2O. The summed E-state index contributed by atoms with van der Waals surface area (Å²) < 4.78 is 2.07. The van der Waals surface area contributed by atoms with Crippen molar-refractivity contribution in [2.75, 3.05) is 5.32 Å². The van der Waals surface area contributed by atoms with Gasteiger partial charge in [0, 0.05) is 29.8 Å². The molecule has 1 aromatic heterocycles. The van der Waals surface area contributed by atoms with Crippen molar-refractivity contribution < 1.29 is 4.79 Å². The van der Waals surface area contributed by atoms with Crippen molar-refractivity contribution in [3.63, 3.8) is 0 Å². The van der Waals surface area contributed by atoms with E-state index in [1.54, 1.807) is 0 Å². The Kier molecular flexibility index (Phi) is 4.18. The highest BCUT2D eigenvalue weighted by atomic mass is 16.1. The Morgan fingerprint density at radius 2 is 1.71 bits per heavy atom. The van der Waals surface area contributed by atoms with Crippen LogP contribution in [0.3, 0.4) is 0 Å². The van der Waals surface area contributed by atoms with E-state index < -0.39 is 0 Å². The summed E-state index contributed by atoms with van der Waals surface area (Å²) >= 11 is 0. The van der Waals surface area contributed by atoms with Crippen molar-refractivity contribution >= 4 is 22.5 Å². The summed E-state index contributed by atoms with van der Waals surface area (Å²) in [6.45, 7) is 6.47. The first-order chi connectivity index (χ1) is 11.4. The van der Waals surface area contributed by atoms with Gasteiger partial charge >= 0.3 is 0 Å². The monoisotopic (exact) mass is 320 g/mol. The Balaban J connectivity index is 1.84. The fourth-order valence-corrected chi connectivity index (χ4v) is 3.18. The summed E-state index contributed by atoms with van der Waals surface area (Å²) in [6, 6.07) is 16.2. The predicted octanol–water partition coefficient (Wildman–Crippen LogP) is 4.66. The number of nitrogens with one attached hydrogen (secondary N) is 1. The zero-order chi connectivity index (χ0) is 17.3. The molecule has 0 aliphatic rings. The number of carbonyl (C=O) groups excluding carboxylic acids is 1. The maximum atomic E-state index is 12.6. The summed E-state index contributed by atoms with van der Waals surface area (Å²) in [7, 11) is 2.01. The van der Waals surface area contributed by atoms with E-state index >= 15 is 0 Å². The number of para-hydroxylation sites is 2. The number of anilines is 1. The molecule has 3 heteroatoms. The number of carbonyl (C=O) groups is 1. The van der Waals surface area contributed by atoms with Gasteiger partial charge in [0.25, 0.3) is 0 Å². The molecule has 124 valence electrons. The fourth-order valence-electron chi connectivity index (χ4n) is 3.18. The van der Waals surface area contributed by atoms with E-state index in [1.807, 2.05) is 43.6 Å². The van der Waals surface area contributed by atoms with Gasteiger partial charge in [-0.15, -0.1) is 0 Å². The van der Waals surface area contributed by atoms with Crippen molar-refractivity contribution in [2.45, 2.75) is 32.6 Å². The molecule has 0 bridgehead atoms. The molecule has 1 amide bonds. The summed E-state index contributed by atoms with van der Waals surface area (Å²) in [6.07, 6.45) is 2.42. The van der Waals surface area contributed by atoms with Gasteiger partial charge in [-0.2, -0.15) is 0 Å². The Labute approximate surface area is 143 Å². The van der Waals surface area contributed by atoms with Crippen LogP contribution in [0.15, 0.2) is 54.7 Å². The van der Waals surface area contributed by atoms with E-state index in [-0.39, 0.29) is 11.3 Å². The Hall–Kier alpha value is -2.55. The SMILES string of the molecule is Cn1cc(CC(=O)Nc2ccccc2C(C)(C)C)c2ccccc21. The molecule has 0 saturated carbocycles. The molecular weight excluding hydrogens is 296 g/mol. The van der Waals surface area contributed by atoms with Gasteiger partial charge in [0.1, 0.15) is 0 Å². The van der Waals surface area contributed by atoms with Crippen LogP contribution in [0.5, 0.6) is 0 Å². The number of benzene rings is 2.